The molecule has 1 N–H and O–H groups in total. The van der Waals surface area contributed by atoms with Crippen molar-refractivity contribution in [2.45, 2.75) is 63.5 Å². The van der Waals surface area contributed by atoms with Crippen molar-refractivity contribution in [2.24, 2.45) is 0 Å². The fourth-order valence-electron chi connectivity index (χ4n) is 7.19. The van der Waals surface area contributed by atoms with Crippen molar-refractivity contribution in [1.29, 1.82) is 0 Å². The van der Waals surface area contributed by atoms with Gasteiger partial charge in [-0.1, -0.05) is 43.5 Å². The molecular weight excluding hydrogens is 488 g/mol. The standard InChI is InChI=1S/C32H40N4O3/c1-33(2)24-14-16-34(17-15-24)29(37)21-35-18-19-36-28-20-23(32(38)39)12-13-25(28)30(22-8-4-3-5-9-22)31(36)26-10-6-7-11-27(26)35/h6-7,10-13,20,22,24H,3-5,8-9,14-19,21H2,1-2H3,(H,38,39). The Morgan fingerprint density at radius 1 is 0.923 bits per heavy atom. The average Bonchev–Trinajstić information content (AvgIpc) is 3.20. The van der Waals surface area contributed by atoms with E-state index in [1.165, 1.54) is 48.7 Å². The number of carbonyl (C=O) groups excluding carboxylic acids is 1. The zero-order chi connectivity index (χ0) is 27.1. The molecule has 1 saturated carbocycles. The number of likely N-dealkylation sites (tertiary alicyclic amines) is 1. The second kappa shape index (κ2) is 10.7. The zero-order valence-electron chi connectivity index (χ0n) is 23.2. The van der Waals surface area contributed by atoms with Gasteiger partial charge in [-0.2, -0.15) is 0 Å². The molecule has 7 heteroatoms. The van der Waals surface area contributed by atoms with Crippen LogP contribution in [-0.4, -0.2) is 77.7 Å². The highest BCUT2D eigenvalue weighted by Crippen LogP contribution is 2.47. The SMILES string of the molecule is CN(C)C1CCN(C(=O)CN2CCn3c(c(C4CCCCC4)c4ccc(C(=O)O)cc43)-c3ccccc32)CC1. The highest BCUT2D eigenvalue weighted by atomic mass is 16.4. The Labute approximate surface area is 231 Å². The number of amides is 1. The van der Waals surface area contributed by atoms with Gasteiger partial charge in [0.2, 0.25) is 5.91 Å². The lowest BCUT2D eigenvalue weighted by atomic mass is 9.81. The van der Waals surface area contributed by atoms with Crippen LogP contribution in [0.15, 0.2) is 42.5 Å². The number of carboxylic acid groups (broad SMARTS) is 1. The minimum Gasteiger partial charge on any atom is -0.478 e. The van der Waals surface area contributed by atoms with E-state index in [0.29, 0.717) is 37.2 Å². The summed E-state index contributed by atoms with van der Waals surface area (Å²) in [5.41, 5.74) is 6.17. The molecule has 2 aromatic carbocycles. The summed E-state index contributed by atoms with van der Waals surface area (Å²) < 4.78 is 2.34. The maximum atomic E-state index is 13.5. The summed E-state index contributed by atoms with van der Waals surface area (Å²) in [6.07, 6.45) is 8.12. The largest absolute Gasteiger partial charge is 0.478 e. The Hall–Kier alpha value is -3.32. The number of para-hydroxylation sites is 1. The van der Waals surface area contributed by atoms with Gasteiger partial charge in [0, 0.05) is 54.4 Å². The predicted molar refractivity (Wildman–Crippen MR) is 156 cm³/mol. The lowest BCUT2D eigenvalue weighted by Gasteiger charge is -2.36. The van der Waals surface area contributed by atoms with Gasteiger partial charge in [-0.05, 0) is 69.5 Å². The fourth-order valence-corrected chi connectivity index (χ4v) is 7.19. The van der Waals surface area contributed by atoms with Crippen LogP contribution in [0.5, 0.6) is 0 Å². The van der Waals surface area contributed by atoms with Crippen LogP contribution in [0, 0.1) is 0 Å². The number of hydrogen-bond acceptors (Lipinski definition) is 4. The third kappa shape index (κ3) is 4.82. The molecule has 0 atom stereocenters. The summed E-state index contributed by atoms with van der Waals surface area (Å²) in [7, 11) is 4.24. The Balaban J connectivity index is 1.39. The molecule has 0 spiro atoms. The maximum absolute atomic E-state index is 13.5. The summed E-state index contributed by atoms with van der Waals surface area (Å²) >= 11 is 0. The van der Waals surface area contributed by atoms with E-state index >= 15 is 0 Å². The Bertz CT molecular complexity index is 1380. The van der Waals surface area contributed by atoms with Gasteiger partial charge >= 0.3 is 5.97 Å². The van der Waals surface area contributed by atoms with Gasteiger partial charge in [-0.15, -0.1) is 0 Å². The third-order valence-corrected chi connectivity index (χ3v) is 9.33. The van der Waals surface area contributed by atoms with Crippen molar-refractivity contribution in [2.75, 3.05) is 45.2 Å². The molecule has 7 nitrogen and oxygen atoms in total. The van der Waals surface area contributed by atoms with E-state index in [2.05, 4.69) is 52.7 Å². The van der Waals surface area contributed by atoms with E-state index in [-0.39, 0.29) is 5.91 Å². The lowest BCUT2D eigenvalue weighted by Crippen LogP contribution is -2.48. The molecule has 3 heterocycles. The van der Waals surface area contributed by atoms with E-state index in [0.717, 1.165) is 42.7 Å². The summed E-state index contributed by atoms with van der Waals surface area (Å²) in [4.78, 5) is 32.0. The number of carbonyl (C=O) groups is 2. The molecule has 0 bridgehead atoms. The molecular formula is C32H40N4O3. The summed E-state index contributed by atoms with van der Waals surface area (Å²) in [6.45, 7) is 3.41. The summed E-state index contributed by atoms with van der Waals surface area (Å²) in [5.74, 6) is -0.238. The first kappa shape index (κ1) is 25.9. The van der Waals surface area contributed by atoms with Crippen molar-refractivity contribution in [1.82, 2.24) is 14.4 Å². The normalized spacial score (nSPS) is 18.7. The second-order valence-corrected chi connectivity index (χ2v) is 11.8. The second-order valence-electron chi connectivity index (χ2n) is 11.8. The minimum absolute atomic E-state index is 0.194. The number of aromatic nitrogens is 1. The first-order valence-electron chi connectivity index (χ1n) is 14.6. The average molecular weight is 529 g/mol. The van der Waals surface area contributed by atoms with Gasteiger partial charge in [0.1, 0.15) is 0 Å². The maximum Gasteiger partial charge on any atom is 0.335 e. The van der Waals surface area contributed by atoms with E-state index in [9.17, 15) is 14.7 Å². The van der Waals surface area contributed by atoms with Crippen LogP contribution < -0.4 is 4.90 Å². The van der Waals surface area contributed by atoms with Crippen LogP contribution in [0.3, 0.4) is 0 Å². The molecule has 6 rings (SSSR count). The van der Waals surface area contributed by atoms with Gasteiger partial charge in [0.05, 0.1) is 17.8 Å². The highest BCUT2D eigenvalue weighted by Gasteiger charge is 2.32. The quantitative estimate of drug-likeness (QED) is 0.479. The molecule has 39 heavy (non-hydrogen) atoms. The van der Waals surface area contributed by atoms with Gasteiger partial charge in [0.15, 0.2) is 0 Å². The van der Waals surface area contributed by atoms with Crippen LogP contribution in [0.4, 0.5) is 5.69 Å². The van der Waals surface area contributed by atoms with Crippen LogP contribution >= 0.6 is 0 Å². The van der Waals surface area contributed by atoms with Gasteiger partial charge in [-0.3, -0.25) is 4.79 Å². The number of fused-ring (bicyclic) bond motifs is 5. The van der Waals surface area contributed by atoms with E-state index in [1.54, 1.807) is 6.07 Å². The van der Waals surface area contributed by atoms with Gasteiger partial charge < -0.3 is 24.4 Å². The molecule has 3 aromatic rings. The lowest BCUT2D eigenvalue weighted by molar-refractivity contribution is -0.131. The smallest absolute Gasteiger partial charge is 0.335 e. The Morgan fingerprint density at radius 3 is 2.38 bits per heavy atom. The van der Waals surface area contributed by atoms with Crippen molar-refractivity contribution >= 4 is 28.5 Å². The number of aromatic carboxylic acids is 1. The van der Waals surface area contributed by atoms with E-state index < -0.39 is 5.97 Å². The highest BCUT2D eigenvalue weighted by molar-refractivity contribution is 6.00. The molecule has 2 aliphatic heterocycles. The minimum atomic E-state index is -0.897. The van der Waals surface area contributed by atoms with Crippen LogP contribution in [0.1, 0.15) is 66.8 Å². The zero-order valence-corrected chi connectivity index (χ0v) is 23.2. The Morgan fingerprint density at radius 2 is 1.67 bits per heavy atom. The molecule has 3 aliphatic rings. The van der Waals surface area contributed by atoms with Crippen molar-refractivity contribution in [3.05, 3.63) is 53.6 Å². The van der Waals surface area contributed by atoms with E-state index in [1.807, 2.05) is 17.0 Å². The van der Waals surface area contributed by atoms with Crippen molar-refractivity contribution in [3.8, 4) is 11.3 Å². The molecule has 0 radical (unpaired) electrons. The number of rotatable bonds is 5. The van der Waals surface area contributed by atoms with Crippen molar-refractivity contribution in [3.63, 3.8) is 0 Å². The number of benzene rings is 2. The number of nitrogens with zero attached hydrogens (tertiary/aromatic N) is 4. The van der Waals surface area contributed by atoms with Crippen LogP contribution in [0.2, 0.25) is 0 Å². The van der Waals surface area contributed by atoms with Gasteiger partial charge in [0.25, 0.3) is 0 Å². The summed E-state index contributed by atoms with van der Waals surface area (Å²) in [6, 6.07) is 14.7. The predicted octanol–water partition coefficient (Wildman–Crippen LogP) is 5.43. The molecule has 1 aromatic heterocycles. The first-order chi connectivity index (χ1) is 18.9. The molecule has 2 fully saturated rings. The molecule has 1 aliphatic carbocycles. The fraction of sp³-hybridized carbons (Fsp3) is 0.500. The van der Waals surface area contributed by atoms with E-state index in [4.69, 9.17) is 0 Å². The molecule has 1 saturated heterocycles. The monoisotopic (exact) mass is 528 g/mol. The summed E-state index contributed by atoms with van der Waals surface area (Å²) in [5, 5.41) is 11.0. The number of piperidine rings is 1. The third-order valence-electron chi connectivity index (χ3n) is 9.33. The van der Waals surface area contributed by atoms with Crippen LogP contribution in [-0.2, 0) is 11.3 Å². The van der Waals surface area contributed by atoms with Crippen molar-refractivity contribution < 1.29 is 14.7 Å². The Kier molecular flexibility index (Phi) is 7.10. The molecule has 206 valence electrons. The number of hydrogen-bond donors (Lipinski definition) is 1. The molecule has 1 amide bonds. The van der Waals surface area contributed by atoms with Gasteiger partial charge in [-0.25, -0.2) is 4.79 Å². The topological polar surface area (TPSA) is 69.0 Å². The first-order valence-corrected chi connectivity index (χ1v) is 14.6. The van der Waals surface area contributed by atoms with Crippen LogP contribution in [0.25, 0.3) is 22.2 Å². The number of carboxylic acids is 1. The molecule has 0 unspecified atom stereocenters. The number of anilines is 1.